The smallest absolute Gasteiger partial charge is 0.385 e. The lowest BCUT2D eigenvalue weighted by Crippen LogP contribution is -2.39. The van der Waals surface area contributed by atoms with Gasteiger partial charge in [-0.15, -0.1) is 0 Å². The molecule has 0 bridgehead atoms. The van der Waals surface area contributed by atoms with E-state index in [-0.39, 0.29) is 25.4 Å². The lowest BCUT2D eigenvalue weighted by atomic mass is 10.2. The van der Waals surface area contributed by atoms with E-state index >= 15 is 0 Å². The van der Waals surface area contributed by atoms with Crippen LogP contribution in [0.1, 0.15) is 17.7 Å². The summed E-state index contributed by atoms with van der Waals surface area (Å²) in [7, 11) is -2.95. The number of nitrogens with zero attached hydrogens (tertiary/aromatic N) is 2. The van der Waals surface area contributed by atoms with Gasteiger partial charge in [-0.25, -0.2) is 8.42 Å². The summed E-state index contributed by atoms with van der Waals surface area (Å²) in [6.45, 7) is 1.07. The number of carbonyl (C=O) groups excluding carboxylic acids is 1. The first-order valence-electron chi connectivity index (χ1n) is 8.43. The van der Waals surface area contributed by atoms with Gasteiger partial charge in [0, 0.05) is 26.3 Å². The predicted octanol–water partition coefficient (Wildman–Crippen LogP) is 2.67. The summed E-state index contributed by atoms with van der Waals surface area (Å²) in [5.41, 5.74) is -1.10. The van der Waals surface area contributed by atoms with Crippen molar-refractivity contribution in [2.45, 2.75) is 24.4 Å². The molecule has 0 saturated carbocycles. The third kappa shape index (κ3) is 6.27. The Bertz CT molecular complexity index is 944. The lowest BCUT2D eigenvalue weighted by molar-refractivity contribution is -0.137. The molecule has 0 aliphatic rings. The molecule has 29 heavy (non-hydrogen) atoms. The number of rotatable bonds is 9. The summed E-state index contributed by atoms with van der Waals surface area (Å²) in [5, 5.41) is 5.96. The highest BCUT2D eigenvalue weighted by molar-refractivity contribution is 7.89. The zero-order valence-electron chi connectivity index (χ0n) is 15.7. The zero-order chi connectivity index (χ0) is 21.7. The third-order valence-electron chi connectivity index (χ3n) is 3.77. The molecule has 0 radical (unpaired) electrons. The highest BCUT2D eigenvalue weighted by atomic mass is 32.2. The van der Waals surface area contributed by atoms with E-state index < -0.39 is 39.1 Å². The van der Waals surface area contributed by atoms with Gasteiger partial charge in [-0.3, -0.25) is 4.79 Å². The quantitative estimate of drug-likeness (QED) is 0.608. The van der Waals surface area contributed by atoms with Crippen molar-refractivity contribution in [3.05, 3.63) is 41.7 Å². The average molecular weight is 435 g/mol. The van der Waals surface area contributed by atoms with E-state index in [4.69, 9.17) is 9.26 Å². The Balaban J connectivity index is 2.26. The van der Waals surface area contributed by atoms with Crippen LogP contribution in [0.3, 0.4) is 0 Å². The van der Waals surface area contributed by atoms with Gasteiger partial charge in [-0.05, 0) is 31.5 Å². The number of halogens is 3. The Hall–Kier alpha value is -2.44. The van der Waals surface area contributed by atoms with Crippen LogP contribution >= 0.6 is 0 Å². The monoisotopic (exact) mass is 435 g/mol. The summed E-state index contributed by atoms with van der Waals surface area (Å²) in [4.78, 5) is 11.7. The number of methoxy groups -OCH3 is 1. The molecule has 1 N–H and O–H groups in total. The molecule has 0 aliphatic heterocycles. The van der Waals surface area contributed by atoms with Crippen molar-refractivity contribution < 1.29 is 35.6 Å². The van der Waals surface area contributed by atoms with Crippen molar-refractivity contribution >= 4 is 21.7 Å². The Kier molecular flexibility index (Phi) is 7.38. The van der Waals surface area contributed by atoms with Crippen molar-refractivity contribution in [3.63, 3.8) is 0 Å². The molecule has 0 spiro atoms. The van der Waals surface area contributed by atoms with E-state index in [1.165, 1.54) is 13.2 Å². The fourth-order valence-electron chi connectivity index (χ4n) is 2.42. The fourth-order valence-corrected chi connectivity index (χ4v) is 3.90. The van der Waals surface area contributed by atoms with Crippen LogP contribution in [0.2, 0.25) is 0 Å². The summed E-state index contributed by atoms with van der Waals surface area (Å²) in [6, 6.07) is 4.80. The first-order chi connectivity index (χ1) is 13.5. The minimum absolute atomic E-state index is 0.0980. The van der Waals surface area contributed by atoms with Gasteiger partial charge in [0.15, 0.2) is 5.82 Å². The standard InChI is InChI=1S/C17H20F3N3O5S/c1-12-9-15(22-28-12)21-16(24)11-23(7-4-8-27-2)29(25,26)14-6-3-5-13(10-14)17(18,19)20/h3,5-6,9-10H,4,7-8,11H2,1-2H3,(H,21,22,24). The normalized spacial score (nSPS) is 12.3. The molecular weight excluding hydrogens is 415 g/mol. The summed E-state index contributed by atoms with van der Waals surface area (Å²) < 4.78 is 75.2. The number of aromatic nitrogens is 1. The van der Waals surface area contributed by atoms with E-state index in [1.807, 2.05) is 0 Å². The van der Waals surface area contributed by atoms with Crippen molar-refractivity contribution in [1.29, 1.82) is 0 Å². The van der Waals surface area contributed by atoms with Gasteiger partial charge >= 0.3 is 6.18 Å². The molecule has 2 aromatic rings. The van der Waals surface area contributed by atoms with Gasteiger partial charge in [0.2, 0.25) is 15.9 Å². The van der Waals surface area contributed by atoms with Crippen LogP contribution in [-0.2, 0) is 25.7 Å². The van der Waals surface area contributed by atoms with Crippen molar-refractivity contribution in [3.8, 4) is 0 Å². The van der Waals surface area contributed by atoms with Gasteiger partial charge in [-0.2, -0.15) is 17.5 Å². The fraction of sp³-hybridized carbons (Fsp3) is 0.412. The number of ether oxygens (including phenoxy) is 1. The summed E-state index contributed by atoms with van der Waals surface area (Å²) in [6.07, 6.45) is -4.46. The maximum Gasteiger partial charge on any atom is 0.416 e. The van der Waals surface area contributed by atoms with Crippen LogP contribution in [0, 0.1) is 6.92 Å². The number of hydrogen-bond donors (Lipinski definition) is 1. The molecule has 1 heterocycles. The molecule has 0 aliphatic carbocycles. The topological polar surface area (TPSA) is 102 Å². The Labute approximate surface area is 165 Å². The van der Waals surface area contributed by atoms with Gasteiger partial charge in [-0.1, -0.05) is 11.2 Å². The number of anilines is 1. The number of nitrogens with one attached hydrogen (secondary N) is 1. The Morgan fingerprint density at radius 3 is 2.62 bits per heavy atom. The van der Waals surface area contributed by atoms with Gasteiger partial charge in [0.1, 0.15) is 5.76 Å². The molecular formula is C17H20F3N3O5S. The molecule has 1 aromatic carbocycles. The number of hydrogen-bond acceptors (Lipinski definition) is 6. The van der Waals surface area contributed by atoms with Crippen molar-refractivity contribution in [1.82, 2.24) is 9.46 Å². The van der Waals surface area contributed by atoms with E-state index in [0.29, 0.717) is 11.8 Å². The first-order valence-corrected chi connectivity index (χ1v) is 9.87. The second-order valence-corrected chi connectivity index (χ2v) is 8.02. The SMILES string of the molecule is COCCCN(CC(=O)Nc1cc(C)on1)S(=O)(=O)c1cccc(C(F)(F)F)c1. The summed E-state index contributed by atoms with van der Waals surface area (Å²) >= 11 is 0. The molecule has 160 valence electrons. The molecule has 2 rings (SSSR count). The second-order valence-electron chi connectivity index (χ2n) is 6.08. The zero-order valence-corrected chi connectivity index (χ0v) is 16.5. The van der Waals surface area contributed by atoms with Crippen molar-refractivity contribution in [2.75, 3.05) is 32.1 Å². The average Bonchev–Trinajstić information content (AvgIpc) is 3.05. The van der Waals surface area contributed by atoms with Crippen LogP contribution in [-0.4, -0.2) is 50.6 Å². The maximum atomic E-state index is 13.0. The van der Waals surface area contributed by atoms with Gasteiger partial charge < -0.3 is 14.6 Å². The molecule has 1 aromatic heterocycles. The van der Waals surface area contributed by atoms with E-state index in [1.54, 1.807) is 6.92 Å². The number of benzene rings is 1. The number of sulfonamides is 1. The van der Waals surface area contributed by atoms with E-state index in [9.17, 15) is 26.4 Å². The predicted molar refractivity (Wildman–Crippen MR) is 96.6 cm³/mol. The minimum Gasteiger partial charge on any atom is -0.385 e. The number of aryl methyl sites for hydroxylation is 1. The number of amides is 1. The van der Waals surface area contributed by atoms with Gasteiger partial charge in [0.25, 0.3) is 0 Å². The van der Waals surface area contributed by atoms with Crippen LogP contribution in [0.5, 0.6) is 0 Å². The van der Waals surface area contributed by atoms with Crippen LogP contribution in [0.15, 0.2) is 39.8 Å². The summed E-state index contributed by atoms with van der Waals surface area (Å²) in [5.74, 6) is -0.180. The second kappa shape index (κ2) is 9.37. The third-order valence-corrected chi connectivity index (χ3v) is 5.61. The number of carbonyl (C=O) groups is 1. The number of alkyl halides is 3. The van der Waals surface area contributed by atoms with E-state index in [2.05, 4.69) is 10.5 Å². The Morgan fingerprint density at radius 1 is 1.31 bits per heavy atom. The van der Waals surface area contributed by atoms with Crippen molar-refractivity contribution in [2.24, 2.45) is 0 Å². The lowest BCUT2D eigenvalue weighted by Gasteiger charge is -2.22. The van der Waals surface area contributed by atoms with Crippen LogP contribution in [0.25, 0.3) is 0 Å². The maximum absolute atomic E-state index is 13.0. The minimum atomic E-state index is -4.70. The van der Waals surface area contributed by atoms with E-state index in [0.717, 1.165) is 22.5 Å². The highest BCUT2D eigenvalue weighted by Gasteiger charge is 2.33. The molecule has 0 unspecified atom stereocenters. The molecule has 0 fully saturated rings. The largest absolute Gasteiger partial charge is 0.416 e. The van der Waals surface area contributed by atoms with Crippen LogP contribution < -0.4 is 5.32 Å². The molecule has 0 atom stereocenters. The molecule has 12 heteroatoms. The molecule has 8 nitrogen and oxygen atoms in total. The first kappa shape index (κ1) is 22.8. The highest BCUT2D eigenvalue weighted by Crippen LogP contribution is 2.31. The molecule has 0 saturated heterocycles. The molecule has 1 amide bonds. The van der Waals surface area contributed by atoms with Crippen LogP contribution in [0.4, 0.5) is 19.0 Å². The van der Waals surface area contributed by atoms with Gasteiger partial charge in [0.05, 0.1) is 17.0 Å². The Morgan fingerprint density at radius 2 is 2.03 bits per heavy atom.